The van der Waals surface area contributed by atoms with E-state index in [1.54, 1.807) is 12.4 Å². The molecule has 0 saturated heterocycles. The van der Waals surface area contributed by atoms with E-state index in [-0.39, 0.29) is 0 Å². The van der Waals surface area contributed by atoms with Crippen molar-refractivity contribution in [2.75, 3.05) is 0 Å². The van der Waals surface area contributed by atoms with Crippen molar-refractivity contribution >= 4 is 0 Å². The van der Waals surface area contributed by atoms with Crippen molar-refractivity contribution in [3.05, 3.63) is 66.5 Å². The molecule has 4 rings (SSSR count). The number of hydrogen-bond acceptors (Lipinski definition) is 5. The lowest BCUT2D eigenvalue weighted by molar-refractivity contribution is 0.421. The van der Waals surface area contributed by atoms with Crippen LogP contribution in [-0.4, -0.2) is 24.7 Å². The maximum atomic E-state index is 5.44. The van der Waals surface area contributed by atoms with Crippen LogP contribution in [0, 0.1) is 6.92 Å². The number of rotatable bonds is 4. The highest BCUT2D eigenvalue weighted by Crippen LogP contribution is 2.25. The summed E-state index contributed by atoms with van der Waals surface area (Å²) in [6.45, 7) is 3.93. The molecule has 0 saturated carbocycles. The lowest BCUT2D eigenvalue weighted by Crippen LogP contribution is -1.97. The molecule has 0 fully saturated rings. The van der Waals surface area contributed by atoms with Gasteiger partial charge in [0, 0.05) is 35.9 Å². The summed E-state index contributed by atoms with van der Waals surface area (Å²) in [7, 11) is 0. The van der Waals surface area contributed by atoms with Gasteiger partial charge in [0.1, 0.15) is 5.82 Å². The number of imidazole rings is 1. The molecular formula is C19H17N5O. The minimum atomic E-state index is 0.658. The molecule has 0 spiro atoms. The van der Waals surface area contributed by atoms with Gasteiger partial charge in [-0.15, -0.1) is 0 Å². The van der Waals surface area contributed by atoms with Crippen LogP contribution in [0.2, 0.25) is 0 Å². The zero-order valence-corrected chi connectivity index (χ0v) is 14.0. The molecule has 0 radical (unpaired) electrons. The molecule has 1 aromatic carbocycles. The Labute approximate surface area is 145 Å². The van der Waals surface area contributed by atoms with Crippen LogP contribution in [-0.2, 0) is 6.42 Å². The Bertz CT molecular complexity index is 1020. The minimum Gasteiger partial charge on any atom is -0.353 e. The van der Waals surface area contributed by atoms with E-state index in [4.69, 9.17) is 4.52 Å². The van der Waals surface area contributed by atoms with Gasteiger partial charge in [0.15, 0.2) is 5.82 Å². The molecule has 6 nitrogen and oxygen atoms in total. The molecule has 0 N–H and O–H groups in total. The third-order valence-corrected chi connectivity index (χ3v) is 3.98. The molecule has 0 amide bonds. The molecule has 3 aromatic heterocycles. The van der Waals surface area contributed by atoms with Gasteiger partial charge in [-0.2, -0.15) is 0 Å². The van der Waals surface area contributed by atoms with Gasteiger partial charge in [-0.1, -0.05) is 24.2 Å². The van der Waals surface area contributed by atoms with E-state index in [9.17, 15) is 0 Å². The molecule has 0 unspecified atom stereocenters. The normalized spacial score (nSPS) is 11.0. The van der Waals surface area contributed by atoms with Gasteiger partial charge in [-0.05, 0) is 31.5 Å². The monoisotopic (exact) mass is 331 g/mol. The number of nitrogens with zero attached hydrogens (tertiary/aromatic N) is 5. The summed E-state index contributed by atoms with van der Waals surface area (Å²) in [6.07, 6.45) is 6.26. The average molecular weight is 331 g/mol. The number of benzene rings is 1. The van der Waals surface area contributed by atoms with Crippen LogP contribution in [0.15, 0.2) is 59.5 Å². The van der Waals surface area contributed by atoms with Crippen LogP contribution >= 0.6 is 0 Å². The Kier molecular flexibility index (Phi) is 3.85. The van der Waals surface area contributed by atoms with E-state index in [0.717, 1.165) is 40.7 Å². The highest BCUT2D eigenvalue weighted by Gasteiger charge is 2.13. The molecule has 0 atom stereocenters. The van der Waals surface area contributed by atoms with E-state index in [1.807, 2.05) is 54.9 Å². The molecule has 4 aromatic rings. The Morgan fingerprint density at radius 2 is 2.00 bits per heavy atom. The molecule has 0 aliphatic heterocycles. The lowest BCUT2D eigenvalue weighted by atomic mass is 10.1. The van der Waals surface area contributed by atoms with Gasteiger partial charge >= 0.3 is 0 Å². The van der Waals surface area contributed by atoms with E-state index in [0.29, 0.717) is 5.76 Å². The lowest BCUT2D eigenvalue weighted by Gasteiger charge is -2.08. The quantitative estimate of drug-likeness (QED) is 0.568. The van der Waals surface area contributed by atoms with Crippen molar-refractivity contribution in [1.29, 1.82) is 0 Å². The highest BCUT2D eigenvalue weighted by molar-refractivity contribution is 5.63. The van der Waals surface area contributed by atoms with E-state index in [1.165, 1.54) is 0 Å². The summed E-state index contributed by atoms with van der Waals surface area (Å²) in [5.74, 6) is 2.13. The van der Waals surface area contributed by atoms with E-state index >= 15 is 0 Å². The van der Waals surface area contributed by atoms with Crippen molar-refractivity contribution in [1.82, 2.24) is 24.7 Å². The number of hydrogen-bond donors (Lipinski definition) is 0. The Morgan fingerprint density at radius 1 is 1.08 bits per heavy atom. The molecule has 0 aliphatic rings. The maximum Gasteiger partial charge on any atom is 0.202 e. The Morgan fingerprint density at radius 3 is 2.80 bits per heavy atom. The van der Waals surface area contributed by atoms with Gasteiger partial charge in [0.2, 0.25) is 5.76 Å². The summed E-state index contributed by atoms with van der Waals surface area (Å²) in [5.41, 5.74) is 3.81. The predicted octanol–water partition coefficient (Wildman–Crippen LogP) is 3.86. The molecule has 3 heterocycles. The second kappa shape index (κ2) is 6.32. The van der Waals surface area contributed by atoms with Gasteiger partial charge in [-0.3, -0.25) is 4.57 Å². The summed E-state index contributed by atoms with van der Waals surface area (Å²) in [5, 5.41) is 4.05. The second-order valence-corrected chi connectivity index (χ2v) is 5.70. The average Bonchev–Trinajstić information content (AvgIpc) is 3.30. The van der Waals surface area contributed by atoms with Gasteiger partial charge in [0.25, 0.3) is 0 Å². The molecule has 0 bridgehead atoms. The van der Waals surface area contributed by atoms with Gasteiger partial charge in [0.05, 0.1) is 11.4 Å². The van der Waals surface area contributed by atoms with E-state index in [2.05, 4.69) is 26.2 Å². The van der Waals surface area contributed by atoms with Crippen molar-refractivity contribution in [3.63, 3.8) is 0 Å². The molecule has 0 aliphatic carbocycles. The van der Waals surface area contributed by atoms with Crippen molar-refractivity contribution in [2.45, 2.75) is 20.3 Å². The molecule has 25 heavy (non-hydrogen) atoms. The van der Waals surface area contributed by atoms with E-state index < -0.39 is 0 Å². The second-order valence-electron chi connectivity index (χ2n) is 5.70. The van der Waals surface area contributed by atoms with Crippen LogP contribution in [0.3, 0.4) is 0 Å². The fourth-order valence-corrected chi connectivity index (χ4v) is 2.71. The number of aromatic nitrogens is 5. The Hall–Kier alpha value is -3.28. The smallest absolute Gasteiger partial charge is 0.202 e. The largest absolute Gasteiger partial charge is 0.353 e. The first-order valence-electron chi connectivity index (χ1n) is 8.14. The zero-order valence-electron chi connectivity index (χ0n) is 14.0. The fraction of sp³-hybridized carbons (Fsp3) is 0.158. The summed E-state index contributed by atoms with van der Waals surface area (Å²) < 4.78 is 7.42. The summed E-state index contributed by atoms with van der Waals surface area (Å²) in [4.78, 5) is 13.1. The standard InChI is InChI=1S/C19H17N5O/c1-3-15-12-18(25-23-15)19-21-9-10-24(19)16-6-4-5-14(11-16)17-7-8-20-13(2)22-17/h4-12H,3H2,1-2H3. The predicted molar refractivity (Wildman–Crippen MR) is 94.2 cm³/mol. The third kappa shape index (κ3) is 2.94. The van der Waals surface area contributed by atoms with Gasteiger partial charge < -0.3 is 4.52 Å². The zero-order chi connectivity index (χ0) is 17.2. The van der Waals surface area contributed by atoms with Crippen LogP contribution in [0.4, 0.5) is 0 Å². The first-order valence-corrected chi connectivity index (χ1v) is 8.14. The van der Waals surface area contributed by atoms with Crippen molar-refractivity contribution in [3.8, 4) is 28.5 Å². The summed E-state index contributed by atoms with van der Waals surface area (Å²) in [6, 6.07) is 12.0. The third-order valence-electron chi connectivity index (χ3n) is 3.98. The number of aryl methyl sites for hydroxylation is 2. The minimum absolute atomic E-state index is 0.658. The van der Waals surface area contributed by atoms with Crippen molar-refractivity contribution < 1.29 is 4.52 Å². The maximum absolute atomic E-state index is 5.44. The van der Waals surface area contributed by atoms with Crippen molar-refractivity contribution in [2.24, 2.45) is 0 Å². The van der Waals surface area contributed by atoms with Gasteiger partial charge in [-0.25, -0.2) is 15.0 Å². The molecule has 6 heteroatoms. The van der Waals surface area contributed by atoms with Crippen LogP contribution < -0.4 is 0 Å². The summed E-state index contributed by atoms with van der Waals surface area (Å²) >= 11 is 0. The highest BCUT2D eigenvalue weighted by atomic mass is 16.5. The molecule has 124 valence electrons. The molecular weight excluding hydrogens is 314 g/mol. The SMILES string of the molecule is CCc1cc(-c2nccn2-c2cccc(-c3ccnc(C)n3)c2)on1. The van der Waals surface area contributed by atoms with Crippen LogP contribution in [0.25, 0.3) is 28.5 Å². The Balaban J connectivity index is 1.76. The fourth-order valence-electron chi connectivity index (χ4n) is 2.71. The van der Waals surface area contributed by atoms with Crippen LogP contribution in [0.1, 0.15) is 18.4 Å². The topological polar surface area (TPSA) is 69.6 Å². The first kappa shape index (κ1) is 15.3. The van der Waals surface area contributed by atoms with Crippen LogP contribution in [0.5, 0.6) is 0 Å². The first-order chi connectivity index (χ1) is 12.2.